The van der Waals surface area contributed by atoms with Gasteiger partial charge in [0, 0.05) is 18.6 Å². The average molecular weight is 274 g/mol. The first kappa shape index (κ1) is 14.3. The van der Waals surface area contributed by atoms with Gasteiger partial charge >= 0.3 is 0 Å². The van der Waals surface area contributed by atoms with Crippen LogP contribution in [0.4, 0.5) is 0 Å². The highest BCUT2D eigenvalue weighted by Crippen LogP contribution is 2.25. The lowest BCUT2D eigenvalue weighted by Crippen LogP contribution is -2.51. The monoisotopic (exact) mass is 274 g/mol. The fourth-order valence-corrected chi connectivity index (χ4v) is 4.08. The molecule has 1 atom stereocenters. The van der Waals surface area contributed by atoms with E-state index in [1.165, 1.54) is 32.1 Å². The van der Waals surface area contributed by atoms with Gasteiger partial charge in [0.15, 0.2) is 0 Å². The van der Waals surface area contributed by atoms with Crippen LogP contribution >= 0.6 is 0 Å². The predicted octanol–water partition coefficient (Wildman–Crippen LogP) is 1.72. The van der Waals surface area contributed by atoms with Crippen LogP contribution in [0.5, 0.6) is 0 Å². The summed E-state index contributed by atoms with van der Waals surface area (Å²) in [5, 5.41) is 0. The topological polar surface area (TPSA) is 49.4 Å². The molecule has 1 N–H and O–H groups in total. The number of rotatable bonds is 4. The van der Waals surface area contributed by atoms with Gasteiger partial charge in [-0.1, -0.05) is 19.3 Å². The Morgan fingerprint density at radius 3 is 2.50 bits per heavy atom. The summed E-state index contributed by atoms with van der Waals surface area (Å²) >= 11 is 0. The Hall–Kier alpha value is -0.130. The van der Waals surface area contributed by atoms with E-state index in [1.807, 2.05) is 0 Å². The molecule has 0 aromatic carbocycles. The van der Waals surface area contributed by atoms with Gasteiger partial charge < -0.3 is 0 Å². The lowest BCUT2D eigenvalue weighted by molar-refractivity contribution is 0.116. The summed E-state index contributed by atoms with van der Waals surface area (Å²) in [4.78, 5) is 2.52. The fraction of sp³-hybridized carbons (Fsp3) is 1.00. The molecule has 0 bridgehead atoms. The van der Waals surface area contributed by atoms with Crippen molar-refractivity contribution in [2.45, 2.75) is 64.0 Å². The van der Waals surface area contributed by atoms with Crippen molar-refractivity contribution in [2.75, 3.05) is 18.8 Å². The molecule has 0 spiro atoms. The van der Waals surface area contributed by atoms with Gasteiger partial charge in [0.1, 0.15) is 0 Å². The van der Waals surface area contributed by atoms with Crippen molar-refractivity contribution < 1.29 is 8.42 Å². The molecule has 1 aliphatic carbocycles. The lowest BCUT2D eigenvalue weighted by atomic mass is 9.92. The minimum Gasteiger partial charge on any atom is -0.299 e. The molecule has 106 valence electrons. The molecule has 18 heavy (non-hydrogen) atoms. The molecular formula is C13H26N2O2S. The first-order valence-electron chi connectivity index (χ1n) is 7.35. The third kappa shape index (κ3) is 3.93. The van der Waals surface area contributed by atoms with Crippen molar-refractivity contribution in [3.63, 3.8) is 0 Å². The van der Waals surface area contributed by atoms with Crippen LogP contribution in [0.15, 0.2) is 0 Å². The van der Waals surface area contributed by atoms with E-state index in [1.54, 1.807) is 6.92 Å². The maximum Gasteiger partial charge on any atom is 0.211 e. The van der Waals surface area contributed by atoms with Crippen LogP contribution in [-0.2, 0) is 10.0 Å². The SMILES string of the molecule is CCS(=O)(=O)NC1CCCN(C2CCCCC2)C1. The summed E-state index contributed by atoms with van der Waals surface area (Å²) in [6.45, 7) is 3.75. The number of likely N-dealkylation sites (tertiary alicyclic amines) is 1. The minimum absolute atomic E-state index is 0.130. The van der Waals surface area contributed by atoms with Gasteiger partial charge in [0.2, 0.25) is 10.0 Å². The molecule has 1 unspecified atom stereocenters. The molecule has 1 aliphatic heterocycles. The van der Waals surface area contributed by atoms with Gasteiger partial charge in [-0.15, -0.1) is 0 Å². The first-order valence-corrected chi connectivity index (χ1v) is 9.00. The molecule has 1 saturated heterocycles. The normalized spacial score (nSPS) is 28.4. The van der Waals surface area contributed by atoms with Crippen LogP contribution in [0.1, 0.15) is 51.9 Å². The van der Waals surface area contributed by atoms with Crippen LogP contribution in [0.2, 0.25) is 0 Å². The van der Waals surface area contributed by atoms with Crippen molar-refractivity contribution in [3.8, 4) is 0 Å². The van der Waals surface area contributed by atoms with E-state index in [2.05, 4.69) is 9.62 Å². The van der Waals surface area contributed by atoms with Crippen LogP contribution in [-0.4, -0.2) is 44.2 Å². The second-order valence-electron chi connectivity index (χ2n) is 5.65. The first-order chi connectivity index (χ1) is 8.61. The van der Waals surface area contributed by atoms with Crippen molar-refractivity contribution in [3.05, 3.63) is 0 Å². The molecule has 4 nitrogen and oxygen atoms in total. The molecule has 0 amide bonds. The third-order valence-electron chi connectivity index (χ3n) is 4.27. The highest BCUT2D eigenvalue weighted by atomic mass is 32.2. The van der Waals surface area contributed by atoms with Gasteiger partial charge in [-0.3, -0.25) is 4.90 Å². The van der Waals surface area contributed by atoms with E-state index in [-0.39, 0.29) is 11.8 Å². The molecule has 2 fully saturated rings. The van der Waals surface area contributed by atoms with Crippen LogP contribution in [0, 0.1) is 0 Å². The van der Waals surface area contributed by atoms with Gasteiger partial charge in [-0.2, -0.15) is 0 Å². The summed E-state index contributed by atoms with van der Waals surface area (Å²) in [5.74, 6) is 0.187. The zero-order valence-electron chi connectivity index (χ0n) is 11.4. The van der Waals surface area contributed by atoms with Gasteiger partial charge in [-0.25, -0.2) is 13.1 Å². The van der Waals surface area contributed by atoms with E-state index in [0.717, 1.165) is 25.9 Å². The fourth-order valence-electron chi connectivity index (χ4n) is 3.22. The number of hydrogen-bond acceptors (Lipinski definition) is 3. The van der Waals surface area contributed by atoms with Crippen molar-refractivity contribution in [1.82, 2.24) is 9.62 Å². The Morgan fingerprint density at radius 2 is 1.83 bits per heavy atom. The average Bonchev–Trinajstić information content (AvgIpc) is 2.40. The zero-order chi connectivity index (χ0) is 13.0. The lowest BCUT2D eigenvalue weighted by Gasteiger charge is -2.40. The Balaban J connectivity index is 1.87. The van der Waals surface area contributed by atoms with Crippen LogP contribution in [0.3, 0.4) is 0 Å². The minimum atomic E-state index is -3.05. The Kier molecular flexibility index (Phi) is 5.04. The van der Waals surface area contributed by atoms with Crippen LogP contribution in [0.25, 0.3) is 0 Å². The summed E-state index contributed by atoms with van der Waals surface area (Å²) in [6.07, 6.45) is 8.76. The van der Waals surface area contributed by atoms with E-state index in [0.29, 0.717) is 6.04 Å². The molecule has 0 aromatic rings. The summed E-state index contributed by atoms with van der Waals surface area (Å²) in [6, 6.07) is 0.832. The zero-order valence-corrected chi connectivity index (χ0v) is 12.2. The van der Waals surface area contributed by atoms with Crippen LogP contribution < -0.4 is 4.72 Å². The van der Waals surface area contributed by atoms with Gasteiger partial charge in [0.25, 0.3) is 0 Å². The number of piperidine rings is 1. The Morgan fingerprint density at radius 1 is 1.11 bits per heavy atom. The van der Waals surface area contributed by atoms with Gasteiger partial charge in [-0.05, 0) is 39.2 Å². The van der Waals surface area contributed by atoms with Crippen molar-refractivity contribution >= 4 is 10.0 Å². The van der Waals surface area contributed by atoms with E-state index < -0.39 is 10.0 Å². The number of hydrogen-bond donors (Lipinski definition) is 1. The third-order valence-corrected chi connectivity index (χ3v) is 5.72. The molecule has 2 rings (SSSR count). The molecule has 1 heterocycles. The number of nitrogens with one attached hydrogen (secondary N) is 1. The maximum atomic E-state index is 11.6. The molecular weight excluding hydrogens is 248 g/mol. The largest absolute Gasteiger partial charge is 0.299 e. The Bertz CT molecular complexity index is 350. The van der Waals surface area contributed by atoms with E-state index in [4.69, 9.17) is 0 Å². The Labute approximate surface area is 111 Å². The molecule has 0 radical (unpaired) electrons. The highest BCUT2D eigenvalue weighted by molar-refractivity contribution is 7.89. The van der Waals surface area contributed by atoms with Gasteiger partial charge in [0.05, 0.1) is 5.75 Å². The van der Waals surface area contributed by atoms with Crippen molar-refractivity contribution in [2.24, 2.45) is 0 Å². The predicted molar refractivity (Wildman–Crippen MR) is 74.1 cm³/mol. The van der Waals surface area contributed by atoms with E-state index >= 15 is 0 Å². The summed E-state index contributed by atoms with van der Waals surface area (Å²) in [5.41, 5.74) is 0. The smallest absolute Gasteiger partial charge is 0.211 e. The molecule has 5 heteroatoms. The molecule has 2 aliphatic rings. The second-order valence-corrected chi connectivity index (χ2v) is 7.69. The molecule has 1 saturated carbocycles. The number of nitrogens with zero attached hydrogens (tertiary/aromatic N) is 1. The summed E-state index contributed by atoms with van der Waals surface area (Å²) < 4.78 is 26.1. The quantitative estimate of drug-likeness (QED) is 0.849. The number of sulfonamides is 1. The van der Waals surface area contributed by atoms with E-state index in [9.17, 15) is 8.42 Å². The maximum absolute atomic E-state index is 11.6. The molecule has 0 aromatic heterocycles. The standard InChI is InChI=1S/C13H26N2O2S/c1-2-18(16,17)14-12-7-6-10-15(11-12)13-8-4-3-5-9-13/h12-14H,2-11H2,1H3. The summed E-state index contributed by atoms with van der Waals surface area (Å²) in [7, 11) is -3.05. The highest BCUT2D eigenvalue weighted by Gasteiger charge is 2.28. The second kappa shape index (κ2) is 6.35. The van der Waals surface area contributed by atoms with Crippen molar-refractivity contribution in [1.29, 1.82) is 0 Å².